The van der Waals surface area contributed by atoms with Crippen LogP contribution in [0.15, 0.2) is 66.4 Å². The van der Waals surface area contributed by atoms with Gasteiger partial charge < -0.3 is 15.7 Å². The fourth-order valence-corrected chi connectivity index (χ4v) is 2.06. The van der Waals surface area contributed by atoms with E-state index in [0.29, 0.717) is 13.1 Å². The number of benzene rings is 2. The summed E-state index contributed by atoms with van der Waals surface area (Å²) >= 11 is 0. The predicted octanol–water partition coefficient (Wildman–Crippen LogP) is 1.99. The Kier molecular flexibility index (Phi) is 6.57. The number of aliphatic hydroxyl groups is 1. The lowest BCUT2D eigenvalue weighted by Gasteiger charge is -2.06. The zero-order valence-corrected chi connectivity index (χ0v) is 13.2. The van der Waals surface area contributed by atoms with Gasteiger partial charge in [0.1, 0.15) is 11.6 Å². The fourth-order valence-electron chi connectivity index (χ4n) is 2.06. The molecule has 24 heavy (non-hydrogen) atoms. The van der Waals surface area contributed by atoms with Crippen LogP contribution < -0.4 is 10.6 Å². The first-order valence-corrected chi connectivity index (χ1v) is 7.57. The van der Waals surface area contributed by atoms with Gasteiger partial charge in [0, 0.05) is 19.3 Å². The molecule has 0 aliphatic rings. The molecule has 0 aliphatic carbocycles. The predicted molar refractivity (Wildman–Crippen MR) is 91.2 cm³/mol. The molecule has 0 aliphatic heterocycles. The van der Waals surface area contributed by atoms with Gasteiger partial charge in [-0.1, -0.05) is 54.6 Å². The molecule has 2 aromatic carbocycles. The number of amides is 1. The molecule has 0 saturated carbocycles. The summed E-state index contributed by atoms with van der Waals surface area (Å²) in [6, 6.07) is 18.8. The third kappa shape index (κ3) is 5.27. The lowest BCUT2D eigenvalue weighted by Crippen LogP contribution is -2.25. The van der Waals surface area contributed by atoms with Crippen LogP contribution in [0.3, 0.4) is 0 Å². The molecule has 0 bridgehead atoms. The van der Waals surface area contributed by atoms with E-state index in [0.717, 1.165) is 16.7 Å². The van der Waals surface area contributed by atoms with Crippen LogP contribution in [0.5, 0.6) is 0 Å². The first-order valence-electron chi connectivity index (χ1n) is 7.57. The zero-order valence-electron chi connectivity index (χ0n) is 13.2. The summed E-state index contributed by atoms with van der Waals surface area (Å²) in [5.41, 5.74) is 2.83. The quantitative estimate of drug-likeness (QED) is 0.538. The Bertz CT molecular complexity index is 731. The van der Waals surface area contributed by atoms with Gasteiger partial charge in [-0.2, -0.15) is 5.26 Å². The maximum atomic E-state index is 12.0. The van der Waals surface area contributed by atoms with E-state index in [1.165, 1.54) is 6.20 Å². The monoisotopic (exact) mass is 321 g/mol. The van der Waals surface area contributed by atoms with Crippen molar-refractivity contribution in [3.8, 4) is 6.07 Å². The lowest BCUT2D eigenvalue weighted by molar-refractivity contribution is -0.117. The molecule has 122 valence electrons. The van der Waals surface area contributed by atoms with E-state index in [1.54, 1.807) is 0 Å². The highest BCUT2D eigenvalue weighted by Crippen LogP contribution is 2.04. The van der Waals surface area contributed by atoms with Gasteiger partial charge in [0.2, 0.25) is 0 Å². The normalized spacial score (nSPS) is 10.8. The molecular weight excluding hydrogens is 302 g/mol. The number of nitriles is 1. The van der Waals surface area contributed by atoms with E-state index in [9.17, 15) is 4.79 Å². The molecule has 1 amide bonds. The molecule has 0 spiro atoms. The van der Waals surface area contributed by atoms with E-state index in [1.807, 2.05) is 60.7 Å². The van der Waals surface area contributed by atoms with Gasteiger partial charge >= 0.3 is 0 Å². The molecule has 0 unspecified atom stereocenters. The molecule has 3 N–H and O–H groups in total. The third-order valence-corrected chi connectivity index (χ3v) is 3.42. The van der Waals surface area contributed by atoms with Gasteiger partial charge in [-0.25, -0.2) is 0 Å². The van der Waals surface area contributed by atoms with Crippen molar-refractivity contribution >= 4 is 5.91 Å². The Balaban J connectivity index is 1.86. The number of hydrogen-bond acceptors (Lipinski definition) is 4. The van der Waals surface area contributed by atoms with Crippen molar-refractivity contribution in [2.45, 2.75) is 19.7 Å². The van der Waals surface area contributed by atoms with Gasteiger partial charge in [-0.3, -0.25) is 4.79 Å². The van der Waals surface area contributed by atoms with E-state index in [2.05, 4.69) is 10.6 Å². The number of carbonyl (C=O) groups excluding carboxylic acids is 1. The summed E-state index contributed by atoms with van der Waals surface area (Å²) in [7, 11) is 0. The Labute approximate surface area is 141 Å². The van der Waals surface area contributed by atoms with Crippen LogP contribution in [-0.4, -0.2) is 11.0 Å². The molecule has 0 radical (unpaired) electrons. The summed E-state index contributed by atoms with van der Waals surface area (Å²) in [4.78, 5) is 12.0. The van der Waals surface area contributed by atoms with Gasteiger partial charge in [-0.15, -0.1) is 0 Å². The van der Waals surface area contributed by atoms with Crippen LogP contribution in [0.1, 0.15) is 16.7 Å². The number of aliphatic hydroxyl groups excluding tert-OH is 1. The maximum Gasteiger partial charge on any atom is 0.263 e. The Morgan fingerprint density at radius 3 is 2.25 bits per heavy atom. The van der Waals surface area contributed by atoms with Gasteiger partial charge in [0.05, 0.1) is 6.61 Å². The average Bonchev–Trinajstić information content (AvgIpc) is 2.64. The lowest BCUT2D eigenvalue weighted by atomic mass is 10.1. The maximum absolute atomic E-state index is 12.0. The Hall–Kier alpha value is -3.10. The second kappa shape index (κ2) is 9.13. The van der Waals surface area contributed by atoms with Crippen LogP contribution in [0.2, 0.25) is 0 Å². The number of nitrogens with zero attached hydrogens (tertiary/aromatic N) is 1. The molecule has 0 fully saturated rings. The standard InChI is InChI=1S/C19H19N3O2/c20-10-18(19(24)22-12-15-4-2-1-3-5-15)13-21-11-16-6-8-17(14-23)9-7-16/h1-9,13,21,23H,11-12,14H2,(H,22,24)/b18-13-. The largest absolute Gasteiger partial charge is 0.392 e. The molecule has 5 nitrogen and oxygen atoms in total. The molecule has 0 atom stereocenters. The van der Waals surface area contributed by atoms with Crippen molar-refractivity contribution in [1.82, 2.24) is 10.6 Å². The van der Waals surface area contributed by atoms with E-state index in [4.69, 9.17) is 10.4 Å². The van der Waals surface area contributed by atoms with E-state index < -0.39 is 5.91 Å². The van der Waals surface area contributed by atoms with Crippen molar-refractivity contribution in [1.29, 1.82) is 5.26 Å². The highest BCUT2D eigenvalue weighted by Gasteiger charge is 2.08. The highest BCUT2D eigenvalue weighted by molar-refractivity contribution is 5.97. The van der Waals surface area contributed by atoms with Crippen molar-refractivity contribution < 1.29 is 9.90 Å². The number of nitrogens with one attached hydrogen (secondary N) is 2. The molecule has 0 aromatic heterocycles. The van der Waals surface area contributed by atoms with E-state index in [-0.39, 0.29) is 12.2 Å². The van der Waals surface area contributed by atoms with Gasteiger partial charge in [0.15, 0.2) is 0 Å². The average molecular weight is 321 g/mol. The minimum atomic E-state index is -0.413. The van der Waals surface area contributed by atoms with Crippen molar-refractivity contribution in [3.05, 3.63) is 83.1 Å². The summed E-state index contributed by atoms with van der Waals surface area (Å²) in [6.07, 6.45) is 1.42. The molecule has 2 aromatic rings. The molecule has 0 saturated heterocycles. The number of hydrogen-bond donors (Lipinski definition) is 3. The fraction of sp³-hybridized carbons (Fsp3) is 0.158. The summed E-state index contributed by atoms with van der Waals surface area (Å²) in [5.74, 6) is -0.413. The van der Waals surface area contributed by atoms with Crippen molar-refractivity contribution in [3.63, 3.8) is 0 Å². The highest BCUT2D eigenvalue weighted by atomic mass is 16.3. The van der Waals surface area contributed by atoms with Crippen LogP contribution in [0.4, 0.5) is 0 Å². The Morgan fingerprint density at radius 2 is 1.62 bits per heavy atom. The van der Waals surface area contributed by atoms with Crippen LogP contribution >= 0.6 is 0 Å². The molecule has 0 heterocycles. The second-order valence-corrected chi connectivity index (χ2v) is 5.19. The molecule has 5 heteroatoms. The minimum Gasteiger partial charge on any atom is -0.392 e. The molecule has 2 rings (SSSR count). The van der Waals surface area contributed by atoms with Crippen LogP contribution in [0.25, 0.3) is 0 Å². The third-order valence-electron chi connectivity index (χ3n) is 3.42. The van der Waals surface area contributed by atoms with Gasteiger partial charge in [-0.05, 0) is 16.7 Å². The SMILES string of the molecule is N#C/C(=C/NCc1ccc(CO)cc1)C(=O)NCc1ccccc1. The summed E-state index contributed by atoms with van der Waals surface area (Å²) in [6.45, 7) is 0.873. The summed E-state index contributed by atoms with van der Waals surface area (Å²) in [5, 5.41) is 23.8. The number of carbonyl (C=O) groups is 1. The second-order valence-electron chi connectivity index (χ2n) is 5.19. The molecular formula is C19H19N3O2. The first kappa shape index (κ1) is 17.3. The summed E-state index contributed by atoms with van der Waals surface area (Å²) < 4.78 is 0. The van der Waals surface area contributed by atoms with Crippen molar-refractivity contribution in [2.24, 2.45) is 0 Å². The first-order chi connectivity index (χ1) is 11.7. The number of rotatable bonds is 7. The van der Waals surface area contributed by atoms with Crippen LogP contribution in [0, 0.1) is 11.3 Å². The van der Waals surface area contributed by atoms with Crippen molar-refractivity contribution in [2.75, 3.05) is 0 Å². The Morgan fingerprint density at radius 1 is 1.00 bits per heavy atom. The van der Waals surface area contributed by atoms with Gasteiger partial charge in [0.25, 0.3) is 5.91 Å². The zero-order chi connectivity index (χ0) is 17.2. The smallest absolute Gasteiger partial charge is 0.263 e. The van der Waals surface area contributed by atoms with E-state index >= 15 is 0 Å². The topological polar surface area (TPSA) is 85.2 Å². The van der Waals surface area contributed by atoms with Crippen LogP contribution in [-0.2, 0) is 24.5 Å². The minimum absolute atomic E-state index is 0.00772.